The van der Waals surface area contributed by atoms with Gasteiger partial charge in [0.25, 0.3) is 0 Å². The van der Waals surface area contributed by atoms with Crippen molar-refractivity contribution in [2.45, 2.75) is 18.2 Å². The van der Waals surface area contributed by atoms with Crippen LogP contribution >= 0.6 is 31.9 Å². The number of alkyl halides is 1. The van der Waals surface area contributed by atoms with Gasteiger partial charge in [-0.3, -0.25) is 0 Å². The van der Waals surface area contributed by atoms with Crippen LogP contribution in [-0.2, 0) is 9.84 Å². The van der Waals surface area contributed by atoms with Crippen molar-refractivity contribution >= 4 is 41.7 Å². The van der Waals surface area contributed by atoms with E-state index in [1.54, 1.807) is 18.2 Å². The van der Waals surface area contributed by atoms with Gasteiger partial charge in [0.05, 0.1) is 10.6 Å². The topological polar surface area (TPSA) is 34.1 Å². The van der Waals surface area contributed by atoms with Gasteiger partial charge in [-0.2, -0.15) is 0 Å². The highest BCUT2D eigenvalue weighted by atomic mass is 79.9. The number of sulfone groups is 1. The lowest BCUT2D eigenvalue weighted by Crippen LogP contribution is -2.17. The van der Waals surface area contributed by atoms with E-state index in [0.717, 1.165) is 16.2 Å². The van der Waals surface area contributed by atoms with Crippen molar-refractivity contribution in [2.24, 2.45) is 5.92 Å². The lowest BCUT2D eigenvalue weighted by molar-refractivity contribution is 0.568. The second-order valence-corrected chi connectivity index (χ2v) is 7.26. The van der Waals surface area contributed by atoms with E-state index in [-0.39, 0.29) is 11.7 Å². The summed E-state index contributed by atoms with van der Waals surface area (Å²) in [6.07, 6.45) is 0.860. The predicted octanol–water partition coefficient (Wildman–Crippen LogP) is 3.64. The molecule has 1 unspecified atom stereocenters. The molecule has 1 atom stereocenters. The zero-order chi connectivity index (χ0) is 12.2. The van der Waals surface area contributed by atoms with Gasteiger partial charge < -0.3 is 0 Å². The molecule has 0 saturated heterocycles. The Kier molecular flexibility index (Phi) is 5.47. The monoisotopic (exact) mass is 368 g/mol. The number of halogens is 2. The van der Waals surface area contributed by atoms with Crippen LogP contribution in [0.5, 0.6) is 0 Å². The van der Waals surface area contributed by atoms with Crippen molar-refractivity contribution in [1.82, 2.24) is 0 Å². The van der Waals surface area contributed by atoms with Crippen LogP contribution in [0.2, 0.25) is 0 Å². The Labute approximate surface area is 114 Å². The van der Waals surface area contributed by atoms with Crippen molar-refractivity contribution in [1.29, 1.82) is 0 Å². The fraction of sp³-hybridized carbons (Fsp3) is 0.455. The molecule has 1 aromatic carbocycles. The predicted molar refractivity (Wildman–Crippen MR) is 73.8 cm³/mol. The van der Waals surface area contributed by atoms with E-state index in [0.29, 0.717) is 4.90 Å². The van der Waals surface area contributed by atoms with Crippen LogP contribution in [-0.4, -0.2) is 19.5 Å². The first kappa shape index (κ1) is 14.2. The first-order chi connectivity index (χ1) is 7.49. The third kappa shape index (κ3) is 3.86. The molecule has 0 bridgehead atoms. The van der Waals surface area contributed by atoms with Crippen molar-refractivity contribution in [3.8, 4) is 0 Å². The Morgan fingerprint density at radius 3 is 2.56 bits per heavy atom. The maximum atomic E-state index is 12.1. The Balaban J connectivity index is 2.94. The van der Waals surface area contributed by atoms with Crippen molar-refractivity contribution < 1.29 is 8.42 Å². The average molecular weight is 370 g/mol. The highest BCUT2D eigenvalue weighted by Gasteiger charge is 2.19. The van der Waals surface area contributed by atoms with Gasteiger partial charge in [0, 0.05) is 9.80 Å². The molecule has 0 radical (unpaired) electrons. The molecule has 1 rings (SSSR count). The van der Waals surface area contributed by atoms with Gasteiger partial charge in [0.1, 0.15) is 0 Å². The quantitative estimate of drug-likeness (QED) is 0.742. The van der Waals surface area contributed by atoms with Crippen molar-refractivity contribution in [3.63, 3.8) is 0 Å². The highest BCUT2D eigenvalue weighted by Crippen LogP contribution is 2.20. The third-order valence-corrected chi connectivity index (χ3v) is 5.70. The summed E-state index contributed by atoms with van der Waals surface area (Å²) in [6.45, 7) is 2.00. The molecule has 0 N–H and O–H groups in total. The molecule has 0 aliphatic rings. The summed E-state index contributed by atoms with van der Waals surface area (Å²) < 4.78 is 24.9. The van der Waals surface area contributed by atoms with Gasteiger partial charge in [0.2, 0.25) is 0 Å². The average Bonchev–Trinajstić information content (AvgIpc) is 2.26. The molecule has 0 fully saturated rings. The largest absolute Gasteiger partial charge is 0.224 e. The van der Waals surface area contributed by atoms with E-state index >= 15 is 0 Å². The van der Waals surface area contributed by atoms with Crippen LogP contribution in [0, 0.1) is 5.92 Å². The van der Waals surface area contributed by atoms with E-state index in [1.165, 1.54) is 0 Å². The number of rotatable bonds is 5. The molecule has 5 heteroatoms. The molecule has 1 aromatic rings. The molecule has 0 aliphatic carbocycles. The summed E-state index contributed by atoms with van der Waals surface area (Å²) in [5, 5.41) is 0.719. The van der Waals surface area contributed by atoms with Crippen LogP contribution in [0.25, 0.3) is 0 Å². The summed E-state index contributed by atoms with van der Waals surface area (Å²) in [6, 6.07) is 6.85. The molecule has 16 heavy (non-hydrogen) atoms. The van der Waals surface area contributed by atoms with E-state index < -0.39 is 9.84 Å². The highest BCUT2D eigenvalue weighted by molar-refractivity contribution is 9.10. The fourth-order valence-electron chi connectivity index (χ4n) is 1.34. The minimum absolute atomic E-state index is 0.170. The van der Waals surface area contributed by atoms with Gasteiger partial charge in [-0.05, 0) is 24.1 Å². The smallest absolute Gasteiger partial charge is 0.178 e. The minimum Gasteiger partial charge on any atom is -0.224 e. The first-order valence-electron chi connectivity index (χ1n) is 5.04. The van der Waals surface area contributed by atoms with Crippen LogP contribution in [0.1, 0.15) is 13.3 Å². The summed E-state index contributed by atoms with van der Waals surface area (Å²) in [4.78, 5) is 0.390. The summed E-state index contributed by atoms with van der Waals surface area (Å²) in [7, 11) is -3.17. The molecule has 0 heterocycles. The second kappa shape index (κ2) is 6.17. The maximum absolute atomic E-state index is 12.1. The van der Waals surface area contributed by atoms with Crippen LogP contribution in [0.15, 0.2) is 33.6 Å². The Hall–Kier alpha value is 0.130. The second-order valence-electron chi connectivity index (χ2n) is 3.67. The van der Waals surface area contributed by atoms with E-state index in [2.05, 4.69) is 31.9 Å². The Bertz CT molecular complexity index is 439. The minimum atomic E-state index is -3.17. The van der Waals surface area contributed by atoms with Crippen molar-refractivity contribution in [2.75, 3.05) is 11.1 Å². The number of hydrogen-bond donors (Lipinski definition) is 0. The number of hydrogen-bond acceptors (Lipinski definition) is 2. The van der Waals surface area contributed by atoms with Gasteiger partial charge in [-0.15, -0.1) is 0 Å². The summed E-state index contributed by atoms with van der Waals surface area (Å²) in [5.74, 6) is 0.370. The van der Waals surface area contributed by atoms with E-state index in [9.17, 15) is 8.42 Å². The maximum Gasteiger partial charge on any atom is 0.178 e. The van der Waals surface area contributed by atoms with Crippen LogP contribution in [0.3, 0.4) is 0 Å². The van der Waals surface area contributed by atoms with Crippen LogP contribution < -0.4 is 0 Å². The zero-order valence-electron chi connectivity index (χ0n) is 8.99. The van der Waals surface area contributed by atoms with Gasteiger partial charge in [-0.1, -0.05) is 51.3 Å². The molecule has 0 aliphatic heterocycles. The third-order valence-electron chi connectivity index (χ3n) is 2.41. The first-order valence-corrected chi connectivity index (χ1v) is 8.60. The SMILES string of the molecule is CCC(CBr)CS(=O)(=O)c1cccc(Br)c1. The fourth-order valence-corrected chi connectivity index (χ4v) is 4.64. The van der Waals surface area contributed by atoms with Crippen LogP contribution in [0.4, 0.5) is 0 Å². The lowest BCUT2D eigenvalue weighted by atomic mass is 10.2. The summed E-state index contributed by atoms with van der Waals surface area (Å²) >= 11 is 6.62. The van der Waals surface area contributed by atoms with E-state index in [4.69, 9.17) is 0 Å². The molecule has 0 amide bonds. The molecular formula is C11H14Br2O2S. The Morgan fingerprint density at radius 2 is 2.06 bits per heavy atom. The van der Waals surface area contributed by atoms with Gasteiger partial charge >= 0.3 is 0 Å². The zero-order valence-corrected chi connectivity index (χ0v) is 13.0. The van der Waals surface area contributed by atoms with Gasteiger partial charge in [-0.25, -0.2) is 8.42 Å². The van der Waals surface area contributed by atoms with Gasteiger partial charge in [0.15, 0.2) is 9.84 Å². The number of benzene rings is 1. The normalized spacial score (nSPS) is 13.7. The molecule has 0 saturated carbocycles. The Morgan fingerprint density at radius 1 is 1.38 bits per heavy atom. The standard InChI is InChI=1S/C11H14Br2O2S/c1-2-9(7-12)8-16(14,15)11-5-3-4-10(13)6-11/h3-6,9H,2,7-8H2,1H3. The van der Waals surface area contributed by atoms with Crippen molar-refractivity contribution in [3.05, 3.63) is 28.7 Å². The molecular weight excluding hydrogens is 356 g/mol. The molecule has 2 nitrogen and oxygen atoms in total. The molecule has 90 valence electrons. The molecule has 0 aromatic heterocycles. The molecule has 0 spiro atoms. The summed E-state index contributed by atoms with van der Waals surface area (Å²) in [5.41, 5.74) is 0. The lowest BCUT2D eigenvalue weighted by Gasteiger charge is -2.12. The van der Waals surface area contributed by atoms with E-state index in [1.807, 2.05) is 13.0 Å².